The molecule has 1 fully saturated rings. The minimum atomic E-state index is 0.270. The Labute approximate surface area is 79.5 Å². The standard InChI is InChI=1S/C9H19N3O/c1-11-3-2-4-12-7-8(6-10)5-9(12)13/h8,11H,2-7,10H2,1H3. The van der Waals surface area contributed by atoms with Crippen LogP contribution in [0.15, 0.2) is 0 Å². The average molecular weight is 185 g/mol. The zero-order valence-electron chi connectivity index (χ0n) is 8.25. The van der Waals surface area contributed by atoms with Gasteiger partial charge in [0.05, 0.1) is 0 Å². The molecule has 4 nitrogen and oxygen atoms in total. The minimum Gasteiger partial charge on any atom is -0.342 e. The van der Waals surface area contributed by atoms with Crippen LogP contribution in [0.25, 0.3) is 0 Å². The van der Waals surface area contributed by atoms with Gasteiger partial charge in [-0.25, -0.2) is 0 Å². The first-order valence-corrected chi connectivity index (χ1v) is 4.90. The van der Waals surface area contributed by atoms with E-state index in [1.165, 1.54) is 0 Å². The molecule has 0 aromatic carbocycles. The summed E-state index contributed by atoms with van der Waals surface area (Å²) in [4.78, 5) is 13.3. The van der Waals surface area contributed by atoms with E-state index in [9.17, 15) is 4.79 Å². The Bertz CT molecular complexity index is 172. The molecular weight excluding hydrogens is 166 g/mol. The fourth-order valence-corrected chi connectivity index (χ4v) is 1.67. The van der Waals surface area contributed by atoms with E-state index in [1.54, 1.807) is 0 Å². The lowest BCUT2D eigenvalue weighted by Crippen LogP contribution is -2.29. The molecule has 0 bridgehead atoms. The third kappa shape index (κ3) is 2.97. The molecule has 3 N–H and O–H groups in total. The summed E-state index contributed by atoms with van der Waals surface area (Å²) in [6, 6.07) is 0. The molecule has 0 aromatic rings. The molecule has 4 heteroatoms. The summed E-state index contributed by atoms with van der Waals surface area (Å²) >= 11 is 0. The van der Waals surface area contributed by atoms with Gasteiger partial charge in [-0.3, -0.25) is 4.79 Å². The van der Waals surface area contributed by atoms with Crippen LogP contribution in [0.2, 0.25) is 0 Å². The third-order valence-corrected chi connectivity index (χ3v) is 2.48. The summed E-state index contributed by atoms with van der Waals surface area (Å²) < 4.78 is 0. The second kappa shape index (κ2) is 5.19. The molecule has 0 radical (unpaired) electrons. The number of rotatable bonds is 5. The van der Waals surface area contributed by atoms with E-state index in [1.807, 2.05) is 11.9 Å². The highest BCUT2D eigenvalue weighted by atomic mass is 16.2. The largest absolute Gasteiger partial charge is 0.342 e. The van der Waals surface area contributed by atoms with Crippen LogP contribution in [0.3, 0.4) is 0 Å². The Morgan fingerprint density at radius 1 is 1.69 bits per heavy atom. The first kappa shape index (κ1) is 10.5. The van der Waals surface area contributed by atoms with Crippen molar-refractivity contribution in [2.75, 3.05) is 33.2 Å². The van der Waals surface area contributed by atoms with Crippen molar-refractivity contribution in [3.63, 3.8) is 0 Å². The van der Waals surface area contributed by atoms with E-state index in [4.69, 9.17) is 5.73 Å². The van der Waals surface area contributed by atoms with E-state index >= 15 is 0 Å². The summed E-state index contributed by atoms with van der Waals surface area (Å²) in [5.41, 5.74) is 5.52. The molecule has 1 aliphatic heterocycles. The normalized spacial score (nSPS) is 22.8. The predicted octanol–water partition coefficient (Wildman–Crippen LogP) is -0.597. The number of hydrogen-bond donors (Lipinski definition) is 2. The third-order valence-electron chi connectivity index (χ3n) is 2.48. The maximum atomic E-state index is 11.4. The molecule has 0 spiro atoms. The molecule has 1 unspecified atom stereocenters. The van der Waals surface area contributed by atoms with Crippen LogP contribution in [0.4, 0.5) is 0 Å². The van der Waals surface area contributed by atoms with Crippen molar-refractivity contribution in [1.82, 2.24) is 10.2 Å². The molecule has 0 saturated carbocycles. The van der Waals surface area contributed by atoms with Crippen LogP contribution in [-0.2, 0) is 4.79 Å². The maximum absolute atomic E-state index is 11.4. The van der Waals surface area contributed by atoms with Crippen LogP contribution >= 0.6 is 0 Å². The van der Waals surface area contributed by atoms with Gasteiger partial charge in [-0.15, -0.1) is 0 Å². The Morgan fingerprint density at radius 2 is 2.46 bits per heavy atom. The highest BCUT2D eigenvalue weighted by Crippen LogP contribution is 2.16. The van der Waals surface area contributed by atoms with Crippen molar-refractivity contribution in [1.29, 1.82) is 0 Å². The number of carbonyl (C=O) groups is 1. The zero-order valence-corrected chi connectivity index (χ0v) is 8.25. The predicted molar refractivity (Wildman–Crippen MR) is 52.3 cm³/mol. The summed E-state index contributed by atoms with van der Waals surface area (Å²) in [7, 11) is 1.93. The van der Waals surface area contributed by atoms with E-state index in [-0.39, 0.29) is 5.91 Å². The quantitative estimate of drug-likeness (QED) is 0.562. The van der Waals surface area contributed by atoms with Crippen molar-refractivity contribution < 1.29 is 4.79 Å². The first-order chi connectivity index (χ1) is 6.27. The van der Waals surface area contributed by atoms with Crippen LogP contribution in [0, 0.1) is 5.92 Å². The monoisotopic (exact) mass is 185 g/mol. The summed E-state index contributed by atoms with van der Waals surface area (Å²) in [6.45, 7) is 3.33. The molecular formula is C9H19N3O. The molecule has 1 atom stereocenters. The van der Waals surface area contributed by atoms with Crippen LogP contribution in [-0.4, -0.2) is 44.0 Å². The van der Waals surface area contributed by atoms with Gasteiger partial charge < -0.3 is 16.0 Å². The van der Waals surface area contributed by atoms with Gasteiger partial charge in [0.25, 0.3) is 0 Å². The van der Waals surface area contributed by atoms with Gasteiger partial charge in [0.15, 0.2) is 0 Å². The zero-order chi connectivity index (χ0) is 9.68. The maximum Gasteiger partial charge on any atom is 0.222 e. The molecule has 1 heterocycles. The molecule has 1 amide bonds. The number of carbonyl (C=O) groups excluding carboxylic acids is 1. The van der Waals surface area contributed by atoms with Gasteiger partial charge in [0.1, 0.15) is 0 Å². The molecule has 13 heavy (non-hydrogen) atoms. The van der Waals surface area contributed by atoms with Crippen LogP contribution in [0.5, 0.6) is 0 Å². The van der Waals surface area contributed by atoms with E-state index in [0.29, 0.717) is 18.9 Å². The number of nitrogens with zero attached hydrogens (tertiary/aromatic N) is 1. The molecule has 0 aliphatic carbocycles. The number of amides is 1. The highest BCUT2D eigenvalue weighted by molar-refractivity contribution is 5.78. The van der Waals surface area contributed by atoms with Crippen molar-refractivity contribution in [3.8, 4) is 0 Å². The Balaban J connectivity index is 2.23. The summed E-state index contributed by atoms with van der Waals surface area (Å²) in [5.74, 6) is 0.661. The topological polar surface area (TPSA) is 58.4 Å². The number of likely N-dealkylation sites (tertiary alicyclic amines) is 1. The lowest BCUT2D eigenvalue weighted by atomic mass is 10.1. The number of nitrogens with one attached hydrogen (secondary N) is 1. The van der Waals surface area contributed by atoms with Gasteiger partial charge in [-0.1, -0.05) is 0 Å². The molecule has 1 saturated heterocycles. The number of hydrogen-bond acceptors (Lipinski definition) is 3. The van der Waals surface area contributed by atoms with Crippen molar-refractivity contribution >= 4 is 5.91 Å². The lowest BCUT2D eigenvalue weighted by molar-refractivity contribution is -0.127. The van der Waals surface area contributed by atoms with Gasteiger partial charge in [-0.2, -0.15) is 0 Å². The Morgan fingerprint density at radius 3 is 3.00 bits per heavy atom. The summed E-state index contributed by atoms with van der Waals surface area (Å²) in [5, 5.41) is 3.07. The Hall–Kier alpha value is -0.610. The van der Waals surface area contributed by atoms with Crippen molar-refractivity contribution in [3.05, 3.63) is 0 Å². The Kier molecular flexibility index (Phi) is 4.18. The molecule has 1 aliphatic rings. The van der Waals surface area contributed by atoms with Gasteiger partial charge in [0, 0.05) is 19.5 Å². The highest BCUT2D eigenvalue weighted by Gasteiger charge is 2.27. The van der Waals surface area contributed by atoms with E-state index in [0.717, 1.165) is 26.1 Å². The second-order valence-corrected chi connectivity index (χ2v) is 3.60. The second-order valence-electron chi connectivity index (χ2n) is 3.60. The molecule has 1 rings (SSSR count). The van der Waals surface area contributed by atoms with E-state index in [2.05, 4.69) is 5.32 Å². The first-order valence-electron chi connectivity index (χ1n) is 4.90. The molecule has 76 valence electrons. The fraction of sp³-hybridized carbons (Fsp3) is 0.889. The van der Waals surface area contributed by atoms with Crippen molar-refractivity contribution in [2.24, 2.45) is 11.7 Å². The van der Waals surface area contributed by atoms with Gasteiger partial charge in [0.2, 0.25) is 5.91 Å². The smallest absolute Gasteiger partial charge is 0.222 e. The van der Waals surface area contributed by atoms with Crippen LogP contribution < -0.4 is 11.1 Å². The SMILES string of the molecule is CNCCCN1CC(CN)CC1=O. The summed E-state index contributed by atoms with van der Waals surface area (Å²) in [6.07, 6.45) is 1.68. The fourth-order valence-electron chi connectivity index (χ4n) is 1.67. The number of nitrogens with two attached hydrogens (primary N) is 1. The van der Waals surface area contributed by atoms with Gasteiger partial charge >= 0.3 is 0 Å². The van der Waals surface area contributed by atoms with Gasteiger partial charge in [-0.05, 0) is 32.5 Å². The van der Waals surface area contributed by atoms with Crippen molar-refractivity contribution in [2.45, 2.75) is 12.8 Å². The minimum absolute atomic E-state index is 0.270. The van der Waals surface area contributed by atoms with E-state index < -0.39 is 0 Å². The van der Waals surface area contributed by atoms with Crippen LogP contribution in [0.1, 0.15) is 12.8 Å². The lowest BCUT2D eigenvalue weighted by Gasteiger charge is -2.15. The average Bonchev–Trinajstić information content (AvgIpc) is 2.48. The molecule has 0 aromatic heterocycles.